The molecule has 0 bridgehead atoms. The molecule has 0 saturated carbocycles. The first-order chi connectivity index (χ1) is 13.7. The molecule has 7 nitrogen and oxygen atoms in total. The highest BCUT2D eigenvalue weighted by Gasteiger charge is 2.13. The molecule has 8 heteroatoms. The molecule has 2 heterocycles. The minimum atomic E-state index is -0.0869. The Hall–Kier alpha value is -2.61. The molecule has 1 amide bonds. The normalized spacial score (nSPS) is 10.9. The molecule has 148 valence electrons. The fraction of sp³-hybridized carbons (Fsp3) is 0.400. The molecule has 0 aliphatic heterocycles. The molecule has 3 aromatic rings. The van der Waals surface area contributed by atoms with Gasteiger partial charge in [-0.15, -0.1) is 0 Å². The van der Waals surface area contributed by atoms with Crippen LogP contribution in [0.5, 0.6) is 0 Å². The molecule has 2 aromatic heterocycles. The molecule has 28 heavy (non-hydrogen) atoms. The number of carbonyl (C=O) groups excluding carboxylic acids is 1. The van der Waals surface area contributed by atoms with Crippen molar-refractivity contribution in [2.75, 3.05) is 24.2 Å². The van der Waals surface area contributed by atoms with Crippen LogP contribution in [0.25, 0.3) is 11.0 Å². The molecular formula is C20H26N6OS. The van der Waals surface area contributed by atoms with Gasteiger partial charge in [-0.25, -0.2) is 14.6 Å². The van der Waals surface area contributed by atoms with Gasteiger partial charge in [0.05, 0.1) is 18.1 Å². The minimum Gasteiger partial charge on any atom is -0.369 e. The van der Waals surface area contributed by atoms with Crippen molar-refractivity contribution < 1.29 is 4.79 Å². The molecule has 0 aliphatic rings. The van der Waals surface area contributed by atoms with E-state index < -0.39 is 0 Å². The van der Waals surface area contributed by atoms with Gasteiger partial charge in [-0.1, -0.05) is 43.8 Å². The predicted molar refractivity (Wildman–Crippen MR) is 114 cm³/mol. The molecule has 0 unspecified atom stereocenters. The van der Waals surface area contributed by atoms with Gasteiger partial charge in [0.25, 0.3) is 5.91 Å². The van der Waals surface area contributed by atoms with Crippen molar-refractivity contribution in [1.29, 1.82) is 0 Å². The third-order valence-corrected chi connectivity index (χ3v) is 5.15. The number of amides is 1. The first-order valence-electron chi connectivity index (χ1n) is 9.66. The predicted octanol–water partition coefficient (Wildman–Crippen LogP) is 3.58. The van der Waals surface area contributed by atoms with Gasteiger partial charge in [0, 0.05) is 24.4 Å². The Morgan fingerprint density at radius 3 is 2.68 bits per heavy atom. The van der Waals surface area contributed by atoms with Gasteiger partial charge in [-0.05, 0) is 25.0 Å². The van der Waals surface area contributed by atoms with Crippen molar-refractivity contribution in [2.24, 2.45) is 0 Å². The summed E-state index contributed by atoms with van der Waals surface area (Å²) < 4.78 is 1.83. The number of hydrogen-bond acceptors (Lipinski definition) is 6. The average molecular weight is 399 g/mol. The van der Waals surface area contributed by atoms with Gasteiger partial charge >= 0.3 is 0 Å². The van der Waals surface area contributed by atoms with Crippen LogP contribution in [0.15, 0.2) is 41.7 Å². The van der Waals surface area contributed by atoms with E-state index in [0.29, 0.717) is 18.7 Å². The summed E-state index contributed by atoms with van der Waals surface area (Å²) in [6, 6.07) is 9.20. The highest BCUT2D eigenvalue weighted by Crippen LogP contribution is 2.24. The number of nitrogens with one attached hydrogen (secondary N) is 2. The maximum absolute atomic E-state index is 12.2. The summed E-state index contributed by atoms with van der Waals surface area (Å²) in [5.74, 6) is 1.71. The number of thioether (sulfide) groups is 1. The van der Waals surface area contributed by atoms with Crippen molar-refractivity contribution in [2.45, 2.75) is 38.4 Å². The van der Waals surface area contributed by atoms with Crippen LogP contribution in [0.2, 0.25) is 0 Å². The Balaban J connectivity index is 1.74. The molecule has 0 saturated heterocycles. The zero-order valence-electron chi connectivity index (χ0n) is 16.3. The molecule has 0 atom stereocenters. The van der Waals surface area contributed by atoms with Crippen molar-refractivity contribution in [1.82, 2.24) is 25.1 Å². The van der Waals surface area contributed by atoms with E-state index in [4.69, 9.17) is 4.98 Å². The third-order valence-electron chi connectivity index (χ3n) is 4.10. The largest absolute Gasteiger partial charge is 0.369 e. The van der Waals surface area contributed by atoms with Crippen LogP contribution < -0.4 is 10.6 Å². The lowest BCUT2D eigenvalue weighted by Crippen LogP contribution is -2.27. The van der Waals surface area contributed by atoms with Crippen molar-refractivity contribution in [3.05, 3.63) is 42.1 Å². The number of anilines is 1. The Kier molecular flexibility index (Phi) is 7.25. The van der Waals surface area contributed by atoms with Crippen LogP contribution in [-0.2, 0) is 6.54 Å². The summed E-state index contributed by atoms with van der Waals surface area (Å²) in [4.78, 5) is 21.6. The van der Waals surface area contributed by atoms with E-state index >= 15 is 0 Å². The van der Waals surface area contributed by atoms with E-state index in [2.05, 4.69) is 34.6 Å². The van der Waals surface area contributed by atoms with Crippen LogP contribution >= 0.6 is 11.8 Å². The number of hydrogen-bond donors (Lipinski definition) is 2. The lowest BCUT2D eigenvalue weighted by molar-refractivity contribution is 0.0952. The molecule has 0 fully saturated rings. The summed E-state index contributed by atoms with van der Waals surface area (Å²) in [6.45, 7) is 6.13. The second kappa shape index (κ2) is 10.1. The first kappa shape index (κ1) is 20.1. The van der Waals surface area contributed by atoms with Gasteiger partial charge in [-0.3, -0.25) is 4.79 Å². The second-order valence-electron chi connectivity index (χ2n) is 6.36. The number of benzene rings is 1. The van der Waals surface area contributed by atoms with E-state index in [1.807, 2.05) is 22.9 Å². The van der Waals surface area contributed by atoms with E-state index in [1.165, 1.54) is 0 Å². The van der Waals surface area contributed by atoms with Crippen molar-refractivity contribution >= 4 is 34.5 Å². The van der Waals surface area contributed by atoms with Crippen LogP contribution in [0.3, 0.4) is 0 Å². The van der Waals surface area contributed by atoms with Crippen LogP contribution in [0.1, 0.15) is 37.0 Å². The van der Waals surface area contributed by atoms with Crippen molar-refractivity contribution in [3.8, 4) is 0 Å². The molecule has 0 spiro atoms. The van der Waals surface area contributed by atoms with E-state index in [0.717, 1.165) is 47.1 Å². The Bertz CT molecular complexity index is 912. The Morgan fingerprint density at radius 1 is 1.11 bits per heavy atom. The fourth-order valence-electron chi connectivity index (χ4n) is 2.70. The van der Waals surface area contributed by atoms with Gasteiger partial charge in [0.1, 0.15) is 5.82 Å². The lowest BCUT2D eigenvalue weighted by Gasteiger charge is -2.09. The summed E-state index contributed by atoms with van der Waals surface area (Å²) in [5, 5.41) is 12.4. The van der Waals surface area contributed by atoms with Gasteiger partial charge in [0.2, 0.25) is 0 Å². The Labute approximate surface area is 169 Å². The molecule has 3 rings (SSSR count). The number of nitrogens with zero attached hydrogens (tertiary/aromatic N) is 4. The molecular weight excluding hydrogens is 372 g/mol. The summed E-state index contributed by atoms with van der Waals surface area (Å²) in [6.07, 6.45) is 3.87. The first-order valence-corrected chi connectivity index (χ1v) is 10.6. The van der Waals surface area contributed by atoms with Crippen LogP contribution in [-0.4, -0.2) is 44.5 Å². The smallest absolute Gasteiger partial charge is 0.251 e. The summed E-state index contributed by atoms with van der Waals surface area (Å²) in [7, 11) is 0. The standard InChI is InChI=1S/C20H26N6OS/c1-3-10-21-17-16-14-23-26(18(16)25-20(24-17)28-13-4-2)12-11-22-19(27)15-8-6-5-7-9-15/h5-9,14H,3-4,10-13H2,1-2H3,(H,22,27)(H,21,24,25). The minimum absolute atomic E-state index is 0.0869. The average Bonchev–Trinajstić information content (AvgIpc) is 3.14. The van der Waals surface area contributed by atoms with Gasteiger partial charge < -0.3 is 10.6 Å². The zero-order valence-corrected chi connectivity index (χ0v) is 17.1. The maximum Gasteiger partial charge on any atom is 0.251 e. The molecule has 2 N–H and O–H groups in total. The third kappa shape index (κ3) is 5.01. The summed E-state index contributed by atoms with van der Waals surface area (Å²) >= 11 is 1.65. The van der Waals surface area contributed by atoms with Gasteiger partial charge in [-0.2, -0.15) is 5.10 Å². The quantitative estimate of drug-likeness (QED) is 0.401. The number of rotatable bonds is 10. The van der Waals surface area contributed by atoms with Gasteiger partial charge in [0.15, 0.2) is 10.8 Å². The molecule has 1 aromatic carbocycles. The number of carbonyl (C=O) groups is 1. The maximum atomic E-state index is 12.2. The number of fused-ring (bicyclic) bond motifs is 1. The SMILES string of the molecule is CCCNc1nc(SCCC)nc2c1cnn2CCNC(=O)c1ccccc1. The van der Waals surface area contributed by atoms with Crippen molar-refractivity contribution in [3.63, 3.8) is 0 Å². The highest BCUT2D eigenvalue weighted by molar-refractivity contribution is 7.99. The zero-order chi connectivity index (χ0) is 19.8. The second-order valence-corrected chi connectivity index (χ2v) is 7.42. The topological polar surface area (TPSA) is 84.7 Å². The van der Waals surface area contributed by atoms with Crippen LogP contribution in [0, 0.1) is 0 Å². The molecule has 0 aliphatic carbocycles. The fourth-order valence-corrected chi connectivity index (χ4v) is 3.40. The number of aromatic nitrogens is 4. The van der Waals surface area contributed by atoms with E-state index in [1.54, 1.807) is 30.1 Å². The molecule has 0 radical (unpaired) electrons. The highest BCUT2D eigenvalue weighted by atomic mass is 32.2. The van der Waals surface area contributed by atoms with Crippen LogP contribution in [0.4, 0.5) is 5.82 Å². The summed E-state index contributed by atoms with van der Waals surface area (Å²) in [5.41, 5.74) is 1.45. The Morgan fingerprint density at radius 2 is 1.93 bits per heavy atom. The van der Waals surface area contributed by atoms with E-state index in [9.17, 15) is 4.79 Å². The monoisotopic (exact) mass is 398 g/mol. The van der Waals surface area contributed by atoms with E-state index in [-0.39, 0.29) is 5.91 Å². The lowest BCUT2D eigenvalue weighted by atomic mass is 10.2.